The molecule has 2 aliphatic rings. The lowest BCUT2D eigenvalue weighted by atomic mass is 9.90. The van der Waals surface area contributed by atoms with Crippen LogP contribution in [0.5, 0.6) is 0 Å². The molecule has 1 saturated heterocycles. The molecule has 20 heavy (non-hydrogen) atoms. The first kappa shape index (κ1) is 13.6. The van der Waals surface area contributed by atoms with Crippen LogP contribution < -0.4 is 0 Å². The molecular weight excluding hydrogens is 257 g/mol. The van der Waals surface area contributed by atoms with Crippen molar-refractivity contribution in [2.45, 2.75) is 44.2 Å². The number of morpholine rings is 1. The molecule has 0 spiro atoms. The summed E-state index contributed by atoms with van der Waals surface area (Å²) < 4.78 is 18.7. The molecule has 0 N–H and O–H groups in total. The van der Waals surface area contributed by atoms with Crippen LogP contribution in [0.2, 0.25) is 0 Å². The molecule has 0 aromatic heterocycles. The molecule has 0 unspecified atom stereocenters. The van der Waals surface area contributed by atoms with E-state index in [1.165, 1.54) is 25.0 Å². The minimum absolute atomic E-state index is 0.136. The second-order valence-electron chi connectivity index (χ2n) is 5.65. The Balaban J connectivity index is 1.67. The predicted molar refractivity (Wildman–Crippen MR) is 73.8 cm³/mol. The van der Waals surface area contributed by atoms with Crippen LogP contribution in [-0.2, 0) is 16.0 Å². The molecule has 2 fully saturated rings. The second-order valence-corrected chi connectivity index (χ2v) is 5.65. The van der Waals surface area contributed by atoms with E-state index in [1.807, 2.05) is 4.90 Å². The molecule has 1 heterocycles. The summed E-state index contributed by atoms with van der Waals surface area (Å²) in [6.45, 7) is 1.32. The van der Waals surface area contributed by atoms with Gasteiger partial charge in [-0.1, -0.05) is 25.0 Å². The third kappa shape index (κ3) is 2.85. The Kier molecular flexibility index (Phi) is 4.01. The van der Waals surface area contributed by atoms with Crippen LogP contribution >= 0.6 is 0 Å². The molecule has 1 aromatic rings. The third-order valence-electron chi connectivity index (χ3n) is 4.32. The Labute approximate surface area is 118 Å². The summed E-state index contributed by atoms with van der Waals surface area (Å²) in [5.41, 5.74) is 0.871. The topological polar surface area (TPSA) is 29.5 Å². The van der Waals surface area contributed by atoms with Crippen molar-refractivity contribution in [2.75, 3.05) is 13.2 Å². The first-order valence-corrected chi connectivity index (χ1v) is 7.39. The van der Waals surface area contributed by atoms with E-state index in [0.717, 1.165) is 18.4 Å². The highest BCUT2D eigenvalue weighted by molar-refractivity contribution is 5.79. The van der Waals surface area contributed by atoms with Crippen molar-refractivity contribution in [1.82, 2.24) is 4.90 Å². The van der Waals surface area contributed by atoms with Gasteiger partial charge in [-0.15, -0.1) is 0 Å². The number of benzene rings is 1. The number of halogens is 1. The number of nitrogens with zero attached hydrogens (tertiary/aromatic N) is 1. The van der Waals surface area contributed by atoms with E-state index in [2.05, 4.69) is 0 Å². The SMILES string of the molecule is O=C(Cc1ccc(F)cc1)N1CCO[C@H]2CCCC[C@H]21. The fourth-order valence-corrected chi connectivity index (χ4v) is 3.28. The number of fused-ring (bicyclic) bond motifs is 1. The minimum atomic E-state index is -0.264. The standard InChI is InChI=1S/C16H20FNO2/c17-13-7-5-12(6-8-13)11-16(19)18-9-10-20-15-4-2-1-3-14(15)18/h5-8,14-15H,1-4,9-11H2/t14-,15+/m1/s1. The van der Waals surface area contributed by atoms with E-state index >= 15 is 0 Å². The first-order valence-electron chi connectivity index (χ1n) is 7.39. The zero-order valence-electron chi connectivity index (χ0n) is 11.6. The van der Waals surface area contributed by atoms with E-state index < -0.39 is 0 Å². The molecule has 1 amide bonds. The number of amides is 1. The summed E-state index contributed by atoms with van der Waals surface area (Å²) in [6, 6.07) is 6.43. The van der Waals surface area contributed by atoms with Gasteiger partial charge in [0.25, 0.3) is 0 Å². The van der Waals surface area contributed by atoms with Crippen LogP contribution in [0.25, 0.3) is 0 Å². The molecule has 0 bridgehead atoms. The van der Waals surface area contributed by atoms with Gasteiger partial charge in [0, 0.05) is 6.54 Å². The molecule has 3 rings (SSSR count). The lowest BCUT2D eigenvalue weighted by Crippen LogP contribution is -2.55. The maximum Gasteiger partial charge on any atom is 0.227 e. The van der Waals surface area contributed by atoms with Crippen LogP contribution in [0.15, 0.2) is 24.3 Å². The number of ether oxygens (including phenoxy) is 1. The Morgan fingerprint density at radius 2 is 2.00 bits per heavy atom. The first-order chi connectivity index (χ1) is 9.74. The predicted octanol–water partition coefficient (Wildman–Crippen LogP) is 2.54. The lowest BCUT2D eigenvalue weighted by molar-refractivity contribution is -0.148. The summed E-state index contributed by atoms with van der Waals surface area (Å²) in [6.07, 6.45) is 5.04. The van der Waals surface area contributed by atoms with Crippen molar-refractivity contribution in [3.63, 3.8) is 0 Å². The fourth-order valence-electron chi connectivity index (χ4n) is 3.28. The summed E-state index contributed by atoms with van der Waals surface area (Å²) >= 11 is 0. The molecule has 1 saturated carbocycles. The maximum absolute atomic E-state index is 12.9. The van der Waals surface area contributed by atoms with Gasteiger partial charge in [0.05, 0.1) is 25.2 Å². The van der Waals surface area contributed by atoms with Crippen LogP contribution in [0, 0.1) is 5.82 Å². The van der Waals surface area contributed by atoms with Crippen molar-refractivity contribution >= 4 is 5.91 Å². The van der Waals surface area contributed by atoms with Crippen LogP contribution in [-0.4, -0.2) is 36.1 Å². The average Bonchev–Trinajstić information content (AvgIpc) is 2.49. The number of hydrogen-bond donors (Lipinski definition) is 0. The van der Waals surface area contributed by atoms with Gasteiger partial charge >= 0.3 is 0 Å². The monoisotopic (exact) mass is 277 g/mol. The van der Waals surface area contributed by atoms with Crippen molar-refractivity contribution in [1.29, 1.82) is 0 Å². The Hall–Kier alpha value is -1.42. The van der Waals surface area contributed by atoms with Crippen molar-refractivity contribution < 1.29 is 13.9 Å². The number of carbonyl (C=O) groups excluding carboxylic acids is 1. The van der Waals surface area contributed by atoms with E-state index in [1.54, 1.807) is 12.1 Å². The van der Waals surface area contributed by atoms with Crippen molar-refractivity contribution in [3.05, 3.63) is 35.6 Å². The summed E-state index contributed by atoms with van der Waals surface area (Å²) in [4.78, 5) is 14.5. The molecule has 3 nitrogen and oxygen atoms in total. The Morgan fingerprint density at radius 1 is 1.25 bits per heavy atom. The zero-order valence-corrected chi connectivity index (χ0v) is 11.6. The van der Waals surface area contributed by atoms with E-state index in [0.29, 0.717) is 19.6 Å². The van der Waals surface area contributed by atoms with Gasteiger partial charge in [-0.2, -0.15) is 0 Å². The summed E-state index contributed by atoms with van der Waals surface area (Å²) in [5.74, 6) is -0.128. The minimum Gasteiger partial charge on any atom is -0.374 e. The Morgan fingerprint density at radius 3 is 2.80 bits per heavy atom. The van der Waals surface area contributed by atoms with Gasteiger partial charge in [0.15, 0.2) is 0 Å². The molecular formula is C16H20FNO2. The van der Waals surface area contributed by atoms with Crippen molar-refractivity contribution in [3.8, 4) is 0 Å². The van der Waals surface area contributed by atoms with Crippen LogP contribution in [0.4, 0.5) is 4.39 Å². The number of hydrogen-bond acceptors (Lipinski definition) is 2. The maximum atomic E-state index is 12.9. The fraction of sp³-hybridized carbons (Fsp3) is 0.562. The molecule has 1 aromatic carbocycles. The zero-order chi connectivity index (χ0) is 13.9. The highest BCUT2D eigenvalue weighted by Gasteiger charge is 2.36. The quantitative estimate of drug-likeness (QED) is 0.831. The van der Waals surface area contributed by atoms with Gasteiger partial charge in [-0.05, 0) is 30.5 Å². The van der Waals surface area contributed by atoms with Gasteiger partial charge in [0.1, 0.15) is 5.82 Å². The Bertz CT molecular complexity index is 472. The molecule has 1 aliphatic heterocycles. The molecule has 4 heteroatoms. The van der Waals surface area contributed by atoms with Gasteiger partial charge in [0.2, 0.25) is 5.91 Å². The second kappa shape index (κ2) is 5.92. The summed E-state index contributed by atoms with van der Waals surface area (Å²) in [7, 11) is 0. The number of carbonyl (C=O) groups is 1. The highest BCUT2D eigenvalue weighted by Crippen LogP contribution is 2.28. The van der Waals surface area contributed by atoms with E-state index in [4.69, 9.17) is 4.74 Å². The van der Waals surface area contributed by atoms with Crippen molar-refractivity contribution in [2.24, 2.45) is 0 Å². The summed E-state index contributed by atoms with van der Waals surface area (Å²) in [5, 5.41) is 0. The average molecular weight is 277 g/mol. The molecule has 0 radical (unpaired) electrons. The van der Waals surface area contributed by atoms with E-state index in [9.17, 15) is 9.18 Å². The van der Waals surface area contributed by atoms with Gasteiger partial charge in [-0.25, -0.2) is 4.39 Å². The normalized spacial score (nSPS) is 26.1. The lowest BCUT2D eigenvalue weighted by Gasteiger charge is -2.43. The smallest absolute Gasteiger partial charge is 0.227 e. The van der Waals surface area contributed by atoms with Crippen LogP contribution in [0.1, 0.15) is 31.2 Å². The highest BCUT2D eigenvalue weighted by atomic mass is 19.1. The van der Waals surface area contributed by atoms with Gasteiger partial charge in [-0.3, -0.25) is 4.79 Å². The molecule has 108 valence electrons. The molecule has 1 aliphatic carbocycles. The number of rotatable bonds is 2. The largest absolute Gasteiger partial charge is 0.374 e. The van der Waals surface area contributed by atoms with Crippen LogP contribution in [0.3, 0.4) is 0 Å². The third-order valence-corrected chi connectivity index (χ3v) is 4.32. The van der Waals surface area contributed by atoms with Gasteiger partial charge < -0.3 is 9.64 Å². The molecule has 2 atom stereocenters. The van der Waals surface area contributed by atoms with E-state index in [-0.39, 0.29) is 23.9 Å².